The van der Waals surface area contributed by atoms with Crippen molar-refractivity contribution in [1.29, 1.82) is 0 Å². The summed E-state index contributed by atoms with van der Waals surface area (Å²) in [6.07, 6.45) is 1.21. The Morgan fingerprint density at radius 3 is 2.58 bits per heavy atom. The van der Waals surface area contributed by atoms with E-state index in [4.69, 9.17) is 0 Å². The summed E-state index contributed by atoms with van der Waals surface area (Å²) in [5.41, 5.74) is 5.16. The molecule has 0 bridgehead atoms. The first-order chi connectivity index (χ1) is 17.3. The zero-order valence-electron chi connectivity index (χ0n) is 21.2. The molecule has 4 rings (SSSR count). The maximum atomic E-state index is 13.6. The summed E-state index contributed by atoms with van der Waals surface area (Å²) in [5.74, 6) is -0.599. The van der Waals surface area contributed by atoms with Crippen molar-refractivity contribution in [2.45, 2.75) is 39.8 Å². The molecule has 192 valence electrons. The fourth-order valence-corrected chi connectivity index (χ4v) is 4.85. The van der Waals surface area contributed by atoms with Crippen molar-refractivity contribution in [1.82, 2.24) is 20.7 Å². The van der Waals surface area contributed by atoms with E-state index in [2.05, 4.69) is 10.6 Å². The highest BCUT2D eigenvalue weighted by atomic mass is 19.1. The third-order valence-electron chi connectivity index (χ3n) is 6.88. The van der Waals surface area contributed by atoms with E-state index in [9.17, 15) is 18.8 Å². The zero-order chi connectivity index (χ0) is 25.8. The topological polar surface area (TPSA) is 85.0 Å². The van der Waals surface area contributed by atoms with Crippen molar-refractivity contribution in [3.05, 3.63) is 64.0 Å². The van der Waals surface area contributed by atoms with Crippen LogP contribution < -0.4 is 15.5 Å². The number of hydrogen-bond donors (Lipinski definition) is 2. The Balaban J connectivity index is 1.51. The average Bonchev–Trinajstić information content (AvgIpc) is 3.43. The fraction of sp³-hybridized carbons (Fsp3) is 0.444. The Bertz CT molecular complexity index is 1170. The number of likely N-dealkylation sites (N-methyl/N-ethyl adjacent to an activating group) is 2. The minimum Gasteiger partial charge on any atom is -0.353 e. The standard InChI is InChI=1S/C27H34FN5O3/c1-4-29-9-10-30-26(35)16-32(24-13-23-19(11-18(24)2)6-8-25(23)34)17-27(36)31(3)33-14-20-5-7-22(28)12-21(20)15-33/h5,7,11-13,29H,4,6,8-10,14-17H2,1-3H3,(H,30,35). The molecule has 1 heterocycles. The Kier molecular flexibility index (Phi) is 8.01. The minimum absolute atomic E-state index is 0.00897. The molecule has 1 aliphatic carbocycles. The van der Waals surface area contributed by atoms with Gasteiger partial charge in [-0.05, 0) is 60.3 Å². The number of nitrogens with zero attached hydrogens (tertiary/aromatic N) is 3. The summed E-state index contributed by atoms with van der Waals surface area (Å²) in [6, 6.07) is 8.50. The van der Waals surface area contributed by atoms with Crippen molar-refractivity contribution in [2.24, 2.45) is 0 Å². The molecule has 36 heavy (non-hydrogen) atoms. The number of hydrazine groups is 1. The minimum atomic E-state index is -0.294. The lowest BCUT2D eigenvalue weighted by atomic mass is 10.0. The molecule has 0 unspecified atom stereocenters. The fourth-order valence-electron chi connectivity index (χ4n) is 4.85. The van der Waals surface area contributed by atoms with Gasteiger partial charge in [0.1, 0.15) is 5.82 Å². The molecular weight excluding hydrogens is 461 g/mol. The quantitative estimate of drug-likeness (QED) is 0.492. The summed E-state index contributed by atoms with van der Waals surface area (Å²) in [4.78, 5) is 40.3. The number of benzene rings is 2. The van der Waals surface area contributed by atoms with Crippen molar-refractivity contribution < 1.29 is 18.8 Å². The largest absolute Gasteiger partial charge is 0.353 e. The first-order valence-electron chi connectivity index (χ1n) is 12.4. The van der Waals surface area contributed by atoms with E-state index in [1.807, 2.05) is 31.0 Å². The maximum Gasteiger partial charge on any atom is 0.256 e. The number of aryl methyl sites for hydroxylation is 2. The summed E-state index contributed by atoms with van der Waals surface area (Å²) >= 11 is 0. The number of amides is 2. The molecule has 2 aliphatic rings. The molecule has 0 radical (unpaired) electrons. The smallest absolute Gasteiger partial charge is 0.256 e. The number of halogens is 1. The van der Waals surface area contributed by atoms with Crippen molar-refractivity contribution >= 4 is 23.3 Å². The normalized spacial score (nSPS) is 14.5. The highest BCUT2D eigenvalue weighted by molar-refractivity contribution is 6.01. The zero-order valence-corrected chi connectivity index (χ0v) is 21.2. The molecule has 2 aromatic carbocycles. The van der Waals surface area contributed by atoms with Crippen LogP contribution in [0.5, 0.6) is 0 Å². The third kappa shape index (κ3) is 5.74. The van der Waals surface area contributed by atoms with E-state index < -0.39 is 0 Å². The summed E-state index contributed by atoms with van der Waals surface area (Å²) in [6.45, 7) is 6.80. The molecule has 0 aromatic heterocycles. The number of hydrogen-bond acceptors (Lipinski definition) is 6. The maximum absolute atomic E-state index is 13.6. The van der Waals surface area contributed by atoms with Crippen LogP contribution in [0.2, 0.25) is 0 Å². The molecule has 2 aromatic rings. The van der Waals surface area contributed by atoms with Gasteiger partial charge in [0.05, 0.1) is 13.1 Å². The van der Waals surface area contributed by atoms with E-state index in [1.165, 1.54) is 12.1 Å². The predicted molar refractivity (Wildman–Crippen MR) is 136 cm³/mol. The van der Waals surface area contributed by atoms with Crippen molar-refractivity contribution in [3.63, 3.8) is 0 Å². The Hall–Kier alpha value is -3.30. The molecule has 2 amide bonds. The van der Waals surface area contributed by atoms with Gasteiger partial charge < -0.3 is 15.5 Å². The number of anilines is 1. The predicted octanol–water partition coefficient (Wildman–Crippen LogP) is 2.18. The van der Waals surface area contributed by atoms with Gasteiger partial charge in [-0.25, -0.2) is 9.40 Å². The molecule has 0 fully saturated rings. The van der Waals surface area contributed by atoms with Gasteiger partial charge in [0.15, 0.2) is 5.78 Å². The molecule has 0 saturated heterocycles. The van der Waals surface area contributed by atoms with Gasteiger partial charge >= 0.3 is 0 Å². The van der Waals surface area contributed by atoms with E-state index >= 15 is 0 Å². The van der Waals surface area contributed by atoms with Gasteiger partial charge in [0, 0.05) is 50.9 Å². The van der Waals surface area contributed by atoms with Crippen LogP contribution in [0.1, 0.15) is 46.0 Å². The SMILES string of the molecule is CCNCCNC(=O)CN(CC(=O)N(C)N1Cc2ccc(F)cc2C1)c1cc2c(cc1C)CCC2=O. The van der Waals surface area contributed by atoms with E-state index in [1.54, 1.807) is 23.0 Å². The number of carbonyl (C=O) groups is 3. The lowest BCUT2D eigenvalue weighted by molar-refractivity contribution is -0.145. The first-order valence-corrected chi connectivity index (χ1v) is 12.4. The number of fused-ring (bicyclic) bond motifs is 2. The summed E-state index contributed by atoms with van der Waals surface area (Å²) in [7, 11) is 1.69. The summed E-state index contributed by atoms with van der Waals surface area (Å²) < 4.78 is 13.6. The van der Waals surface area contributed by atoms with Crippen LogP contribution in [0.4, 0.5) is 10.1 Å². The van der Waals surface area contributed by atoms with Gasteiger partial charge in [0.25, 0.3) is 5.91 Å². The van der Waals surface area contributed by atoms with Gasteiger partial charge in [0.2, 0.25) is 5.91 Å². The number of carbonyl (C=O) groups excluding carboxylic acids is 3. The van der Waals surface area contributed by atoms with Gasteiger partial charge in [-0.15, -0.1) is 0 Å². The molecule has 1 aliphatic heterocycles. The van der Waals surface area contributed by atoms with Crippen molar-refractivity contribution in [3.8, 4) is 0 Å². The second kappa shape index (κ2) is 11.2. The van der Waals surface area contributed by atoms with E-state index in [0.29, 0.717) is 43.9 Å². The third-order valence-corrected chi connectivity index (χ3v) is 6.88. The molecule has 2 N–H and O–H groups in total. The molecule has 9 heteroatoms. The number of ketones is 1. The molecule has 0 atom stereocenters. The van der Waals surface area contributed by atoms with Crippen molar-refractivity contribution in [2.75, 3.05) is 44.7 Å². The Labute approximate surface area is 211 Å². The van der Waals surface area contributed by atoms with Crippen LogP contribution in [0, 0.1) is 12.7 Å². The Morgan fingerprint density at radius 1 is 1.03 bits per heavy atom. The second-order valence-corrected chi connectivity index (χ2v) is 9.43. The lowest BCUT2D eigenvalue weighted by Gasteiger charge is -2.32. The van der Waals surface area contributed by atoms with E-state index in [-0.39, 0.29) is 36.5 Å². The molecule has 0 saturated carbocycles. The van der Waals surface area contributed by atoms with Crippen LogP contribution in [-0.2, 0) is 29.1 Å². The van der Waals surface area contributed by atoms with Gasteiger partial charge in [-0.1, -0.05) is 19.1 Å². The number of Topliss-reactive ketones (excluding diaryl/α,β-unsaturated/α-hetero) is 1. The van der Waals surface area contributed by atoms with Gasteiger partial charge in [-0.2, -0.15) is 0 Å². The summed E-state index contributed by atoms with van der Waals surface area (Å²) in [5, 5.41) is 9.46. The second-order valence-electron chi connectivity index (χ2n) is 9.43. The van der Waals surface area contributed by atoms with Crippen LogP contribution in [-0.4, -0.2) is 67.4 Å². The number of nitrogens with one attached hydrogen (secondary N) is 2. The Morgan fingerprint density at radius 2 is 1.81 bits per heavy atom. The van der Waals surface area contributed by atoms with Crippen LogP contribution in [0.25, 0.3) is 0 Å². The average molecular weight is 496 g/mol. The molecule has 0 spiro atoms. The highest BCUT2D eigenvalue weighted by Crippen LogP contribution is 2.31. The highest BCUT2D eigenvalue weighted by Gasteiger charge is 2.28. The monoisotopic (exact) mass is 495 g/mol. The first kappa shape index (κ1) is 25.8. The number of rotatable bonds is 10. The van der Waals surface area contributed by atoms with Crippen LogP contribution in [0.3, 0.4) is 0 Å². The van der Waals surface area contributed by atoms with Gasteiger partial charge in [-0.3, -0.25) is 19.4 Å². The van der Waals surface area contributed by atoms with E-state index in [0.717, 1.165) is 35.2 Å². The molecular formula is C27H34FN5O3. The van der Waals surface area contributed by atoms with Crippen LogP contribution >= 0.6 is 0 Å². The lowest BCUT2D eigenvalue weighted by Crippen LogP contribution is -2.48. The molecule has 8 nitrogen and oxygen atoms in total. The van der Waals surface area contributed by atoms with Crippen LogP contribution in [0.15, 0.2) is 30.3 Å².